The van der Waals surface area contributed by atoms with Crippen LogP contribution in [0.4, 0.5) is 0 Å². The highest BCUT2D eigenvalue weighted by molar-refractivity contribution is 4.94. The topological polar surface area (TPSA) is 31.0 Å². The van der Waals surface area contributed by atoms with E-state index in [1.54, 1.807) is 0 Å². The molecule has 2 aliphatic heterocycles. The Morgan fingerprint density at radius 1 is 1.14 bits per heavy atom. The fourth-order valence-corrected chi connectivity index (χ4v) is 2.68. The van der Waals surface area contributed by atoms with E-state index >= 15 is 0 Å². The SMILES string of the molecule is CC1OC1C1COC2(CCCCC2)O1. The summed E-state index contributed by atoms with van der Waals surface area (Å²) in [6, 6.07) is 0. The summed E-state index contributed by atoms with van der Waals surface area (Å²) in [6.45, 7) is 2.83. The van der Waals surface area contributed by atoms with Gasteiger partial charge in [0.05, 0.1) is 12.7 Å². The van der Waals surface area contributed by atoms with Gasteiger partial charge in [-0.1, -0.05) is 6.42 Å². The minimum absolute atomic E-state index is 0.197. The van der Waals surface area contributed by atoms with Gasteiger partial charge in [0.2, 0.25) is 0 Å². The second-order valence-corrected chi connectivity index (χ2v) is 4.74. The van der Waals surface area contributed by atoms with E-state index in [9.17, 15) is 0 Å². The molecule has 0 bridgehead atoms. The normalized spacial score (nSPS) is 45.6. The van der Waals surface area contributed by atoms with Gasteiger partial charge in [-0.25, -0.2) is 0 Å². The molecule has 1 aliphatic carbocycles. The molecular weight excluding hydrogens is 180 g/mol. The maximum absolute atomic E-state index is 6.04. The lowest BCUT2D eigenvalue weighted by Gasteiger charge is -2.31. The molecule has 80 valence electrons. The second kappa shape index (κ2) is 3.19. The average Bonchev–Trinajstić information content (AvgIpc) is 2.79. The summed E-state index contributed by atoms with van der Waals surface area (Å²) < 4.78 is 17.3. The Morgan fingerprint density at radius 3 is 2.50 bits per heavy atom. The molecule has 2 heterocycles. The number of hydrogen-bond acceptors (Lipinski definition) is 3. The van der Waals surface area contributed by atoms with E-state index in [-0.39, 0.29) is 11.9 Å². The molecule has 3 heteroatoms. The lowest BCUT2D eigenvalue weighted by atomic mass is 9.94. The summed E-state index contributed by atoms with van der Waals surface area (Å²) in [5.41, 5.74) is 0. The van der Waals surface area contributed by atoms with Gasteiger partial charge in [0.1, 0.15) is 12.2 Å². The maximum atomic E-state index is 6.04. The summed E-state index contributed by atoms with van der Waals surface area (Å²) in [7, 11) is 0. The van der Waals surface area contributed by atoms with Gasteiger partial charge in [-0.05, 0) is 19.8 Å². The molecule has 1 spiro atoms. The van der Waals surface area contributed by atoms with Gasteiger partial charge in [0, 0.05) is 12.8 Å². The van der Waals surface area contributed by atoms with Gasteiger partial charge >= 0.3 is 0 Å². The summed E-state index contributed by atoms with van der Waals surface area (Å²) >= 11 is 0. The monoisotopic (exact) mass is 198 g/mol. The van der Waals surface area contributed by atoms with Crippen LogP contribution in [0.3, 0.4) is 0 Å². The van der Waals surface area contributed by atoms with E-state index in [1.165, 1.54) is 19.3 Å². The van der Waals surface area contributed by atoms with E-state index in [1.807, 2.05) is 0 Å². The molecule has 0 aromatic carbocycles. The van der Waals surface area contributed by atoms with Gasteiger partial charge in [-0.15, -0.1) is 0 Å². The van der Waals surface area contributed by atoms with Crippen molar-refractivity contribution in [2.75, 3.05) is 6.61 Å². The van der Waals surface area contributed by atoms with E-state index in [0.717, 1.165) is 19.4 Å². The molecule has 3 unspecified atom stereocenters. The summed E-state index contributed by atoms with van der Waals surface area (Å²) in [6.07, 6.45) is 6.84. The van der Waals surface area contributed by atoms with E-state index in [0.29, 0.717) is 12.2 Å². The molecule has 0 N–H and O–H groups in total. The van der Waals surface area contributed by atoms with Gasteiger partial charge in [0.25, 0.3) is 0 Å². The standard InChI is InChI=1S/C11H18O3/c1-8-10(13-8)9-7-12-11(14-9)5-3-2-4-6-11/h8-10H,2-7H2,1H3. The maximum Gasteiger partial charge on any atom is 0.169 e. The van der Waals surface area contributed by atoms with Gasteiger partial charge in [-0.3, -0.25) is 0 Å². The second-order valence-electron chi connectivity index (χ2n) is 4.74. The van der Waals surface area contributed by atoms with Crippen molar-refractivity contribution in [1.29, 1.82) is 0 Å². The van der Waals surface area contributed by atoms with Crippen molar-refractivity contribution in [3.8, 4) is 0 Å². The van der Waals surface area contributed by atoms with Crippen LogP contribution in [0.1, 0.15) is 39.0 Å². The lowest BCUT2D eigenvalue weighted by molar-refractivity contribution is -0.188. The van der Waals surface area contributed by atoms with Crippen LogP contribution in [-0.4, -0.2) is 30.7 Å². The molecule has 0 aromatic heterocycles. The van der Waals surface area contributed by atoms with Crippen molar-refractivity contribution in [2.24, 2.45) is 0 Å². The molecular formula is C11H18O3. The first-order chi connectivity index (χ1) is 6.79. The molecule has 3 fully saturated rings. The number of epoxide rings is 1. The first kappa shape index (κ1) is 9.13. The van der Waals surface area contributed by atoms with Gasteiger partial charge < -0.3 is 14.2 Å². The van der Waals surface area contributed by atoms with Crippen molar-refractivity contribution in [3.05, 3.63) is 0 Å². The molecule has 3 rings (SSSR count). The average molecular weight is 198 g/mol. The Hall–Kier alpha value is -0.120. The third-order valence-corrected chi connectivity index (χ3v) is 3.62. The lowest BCUT2D eigenvalue weighted by Crippen LogP contribution is -2.34. The van der Waals surface area contributed by atoms with Crippen LogP contribution >= 0.6 is 0 Å². The minimum Gasteiger partial charge on any atom is -0.367 e. The van der Waals surface area contributed by atoms with Gasteiger partial charge in [-0.2, -0.15) is 0 Å². The Balaban J connectivity index is 1.62. The Bertz CT molecular complexity index is 223. The largest absolute Gasteiger partial charge is 0.367 e. The number of hydrogen-bond donors (Lipinski definition) is 0. The van der Waals surface area contributed by atoms with Crippen molar-refractivity contribution < 1.29 is 14.2 Å². The van der Waals surface area contributed by atoms with Crippen LogP contribution in [0.2, 0.25) is 0 Å². The molecule has 3 aliphatic rings. The summed E-state index contributed by atoms with van der Waals surface area (Å²) in [5, 5.41) is 0. The predicted octanol–water partition coefficient (Wildman–Crippen LogP) is 1.85. The molecule has 1 saturated carbocycles. The molecule has 2 saturated heterocycles. The highest BCUT2D eigenvalue weighted by atomic mass is 16.8. The molecule has 0 amide bonds. The Labute approximate surface area is 84.7 Å². The van der Waals surface area contributed by atoms with E-state index in [4.69, 9.17) is 14.2 Å². The van der Waals surface area contributed by atoms with Crippen molar-refractivity contribution in [3.63, 3.8) is 0 Å². The van der Waals surface area contributed by atoms with Crippen molar-refractivity contribution in [2.45, 2.75) is 63.1 Å². The number of ether oxygens (including phenoxy) is 3. The third kappa shape index (κ3) is 1.47. The fourth-order valence-electron chi connectivity index (χ4n) is 2.68. The van der Waals surface area contributed by atoms with Crippen LogP contribution in [0, 0.1) is 0 Å². The molecule has 0 aromatic rings. The Kier molecular flexibility index (Phi) is 2.08. The molecule has 0 radical (unpaired) electrons. The first-order valence-corrected chi connectivity index (χ1v) is 5.76. The minimum atomic E-state index is -0.228. The first-order valence-electron chi connectivity index (χ1n) is 5.76. The summed E-state index contributed by atoms with van der Waals surface area (Å²) in [4.78, 5) is 0. The Morgan fingerprint density at radius 2 is 1.86 bits per heavy atom. The molecule has 3 nitrogen and oxygen atoms in total. The molecule has 14 heavy (non-hydrogen) atoms. The van der Waals surface area contributed by atoms with Crippen LogP contribution in [0.15, 0.2) is 0 Å². The van der Waals surface area contributed by atoms with Crippen LogP contribution in [0.25, 0.3) is 0 Å². The highest BCUT2D eigenvalue weighted by Gasteiger charge is 2.51. The smallest absolute Gasteiger partial charge is 0.169 e. The van der Waals surface area contributed by atoms with Crippen LogP contribution in [0.5, 0.6) is 0 Å². The fraction of sp³-hybridized carbons (Fsp3) is 1.00. The van der Waals surface area contributed by atoms with Crippen molar-refractivity contribution in [1.82, 2.24) is 0 Å². The zero-order valence-electron chi connectivity index (χ0n) is 8.70. The molecule has 3 atom stereocenters. The quantitative estimate of drug-likeness (QED) is 0.602. The zero-order chi connectivity index (χ0) is 9.60. The van der Waals surface area contributed by atoms with E-state index < -0.39 is 0 Å². The van der Waals surface area contributed by atoms with E-state index in [2.05, 4.69) is 6.92 Å². The third-order valence-electron chi connectivity index (χ3n) is 3.62. The van der Waals surface area contributed by atoms with Gasteiger partial charge in [0.15, 0.2) is 5.79 Å². The van der Waals surface area contributed by atoms with Crippen molar-refractivity contribution >= 4 is 0 Å². The van der Waals surface area contributed by atoms with Crippen LogP contribution in [-0.2, 0) is 14.2 Å². The number of rotatable bonds is 1. The zero-order valence-corrected chi connectivity index (χ0v) is 8.70. The summed E-state index contributed by atoms with van der Waals surface area (Å²) in [5.74, 6) is -0.228. The highest BCUT2D eigenvalue weighted by Crippen LogP contribution is 2.41. The van der Waals surface area contributed by atoms with Crippen LogP contribution < -0.4 is 0 Å². The predicted molar refractivity (Wildman–Crippen MR) is 51.0 cm³/mol.